The first-order chi connectivity index (χ1) is 13.5. The van der Waals surface area contributed by atoms with E-state index in [0.29, 0.717) is 39.3 Å². The Hall–Kier alpha value is -2.59. The van der Waals surface area contributed by atoms with Crippen LogP contribution >= 0.6 is 0 Å². The maximum absolute atomic E-state index is 12.5. The lowest BCUT2D eigenvalue weighted by Gasteiger charge is -2.38. The van der Waals surface area contributed by atoms with Crippen LogP contribution in [-0.2, 0) is 17.8 Å². The van der Waals surface area contributed by atoms with Crippen LogP contribution in [0.25, 0.3) is 0 Å². The molecule has 7 nitrogen and oxygen atoms in total. The van der Waals surface area contributed by atoms with Crippen molar-refractivity contribution in [1.82, 2.24) is 20.0 Å². The Morgan fingerprint density at radius 2 is 1.75 bits per heavy atom. The number of fused-ring (bicyclic) bond motifs is 1. The number of hydrogen-bond acceptors (Lipinski definition) is 4. The van der Waals surface area contributed by atoms with Crippen LogP contribution in [0.4, 0.5) is 4.79 Å². The number of urea groups is 1. The predicted molar refractivity (Wildman–Crippen MR) is 106 cm³/mol. The van der Waals surface area contributed by atoms with Crippen LogP contribution in [0.15, 0.2) is 24.3 Å². The number of nitrogens with one attached hydrogen (secondary N) is 1. The third kappa shape index (κ3) is 4.63. The summed E-state index contributed by atoms with van der Waals surface area (Å²) >= 11 is 0. The van der Waals surface area contributed by atoms with Crippen LogP contribution in [-0.4, -0.2) is 71.9 Å². The van der Waals surface area contributed by atoms with Crippen LogP contribution in [0.1, 0.15) is 25.0 Å². The summed E-state index contributed by atoms with van der Waals surface area (Å²) in [4.78, 5) is 30.6. The lowest BCUT2D eigenvalue weighted by atomic mass is 10.0. The predicted octanol–water partition coefficient (Wildman–Crippen LogP) is 1.45. The van der Waals surface area contributed by atoms with E-state index < -0.39 is 0 Å². The van der Waals surface area contributed by atoms with Crippen LogP contribution in [0, 0.1) is 17.2 Å². The monoisotopic (exact) mass is 383 g/mol. The normalized spacial score (nSPS) is 18.4. The van der Waals surface area contributed by atoms with Gasteiger partial charge in [-0.1, -0.05) is 38.1 Å². The number of rotatable bonds is 4. The number of hydrogen-bond donors (Lipinski definition) is 1. The van der Waals surface area contributed by atoms with Crippen LogP contribution in [0.3, 0.4) is 0 Å². The summed E-state index contributed by atoms with van der Waals surface area (Å²) in [5.74, 6) is 0.199. The van der Waals surface area contributed by atoms with Crippen molar-refractivity contribution < 1.29 is 9.59 Å². The zero-order chi connectivity index (χ0) is 20.1. The first-order valence-corrected chi connectivity index (χ1v) is 10.0. The molecular formula is C21H29N5O2. The fourth-order valence-electron chi connectivity index (χ4n) is 3.95. The van der Waals surface area contributed by atoms with E-state index in [-0.39, 0.29) is 30.4 Å². The van der Waals surface area contributed by atoms with Gasteiger partial charge in [0.05, 0.1) is 12.6 Å². The van der Waals surface area contributed by atoms with E-state index >= 15 is 0 Å². The molecule has 1 saturated heterocycles. The lowest BCUT2D eigenvalue weighted by Crippen LogP contribution is -2.55. The summed E-state index contributed by atoms with van der Waals surface area (Å²) in [7, 11) is 0. The first-order valence-electron chi connectivity index (χ1n) is 10.0. The van der Waals surface area contributed by atoms with Crippen LogP contribution in [0.5, 0.6) is 0 Å². The molecule has 1 unspecified atom stereocenters. The van der Waals surface area contributed by atoms with Crippen LogP contribution in [0.2, 0.25) is 0 Å². The van der Waals surface area contributed by atoms with E-state index in [2.05, 4.69) is 22.4 Å². The molecule has 3 rings (SSSR count). The van der Waals surface area contributed by atoms with Gasteiger partial charge in [-0.05, 0) is 23.5 Å². The van der Waals surface area contributed by atoms with E-state index in [1.807, 2.05) is 32.0 Å². The van der Waals surface area contributed by atoms with Crippen molar-refractivity contribution in [3.63, 3.8) is 0 Å². The minimum atomic E-state index is -0.189. The first kappa shape index (κ1) is 20.2. The molecule has 2 aliphatic rings. The van der Waals surface area contributed by atoms with Gasteiger partial charge in [-0.15, -0.1) is 0 Å². The quantitative estimate of drug-likeness (QED) is 0.853. The smallest absolute Gasteiger partial charge is 0.318 e. The summed E-state index contributed by atoms with van der Waals surface area (Å²) in [6.07, 6.45) is 0.843. The summed E-state index contributed by atoms with van der Waals surface area (Å²) in [6.45, 7) is 7.92. The number of nitrogens with zero attached hydrogens (tertiary/aromatic N) is 4. The molecule has 0 radical (unpaired) electrons. The maximum Gasteiger partial charge on any atom is 0.318 e. The number of carbonyl (C=O) groups is 2. The lowest BCUT2D eigenvalue weighted by molar-refractivity contribution is -0.132. The Kier molecular flexibility index (Phi) is 6.53. The number of benzene rings is 1. The zero-order valence-electron chi connectivity index (χ0n) is 16.7. The molecule has 1 fully saturated rings. The van der Waals surface area contributed by atoms with Gasteiger partial charge in [0.2, 0.25) is 5.91 Å². The second kappa shape index (κ2) is 9.07. The average Bonchev–Trinajstić information content (AvgIpc) is 2.72. The van der Waals surface area contributed by atoms with E-state index in [0.717, 1.165) is 6.42 Å². The molecule has 1 aromatic rings. The zero-order valence-corrected chi connectivity index (χ0v) is 16.7. The van der Waals surface area contributed by atoms with Gasteiger partial charge in [-0.2, -0.15) is 5.26 Å². The van der Waals surface area contributed by atoms with Gasteiger partial charge < -0.3 is 15.1 Å². The average molecular weight is 383 g/mol. The fourth-order valence-corrected chi connectivity index (χ4v) is 3.95. The van der Waals surface area contributed by atoms with Gasteiger partial charge in [0, 0.05) is 39.3 Å². The molecule has 0 saturated carbocycles. The topological polar surface area (TPSA) is 79.7 Å². The number of amides is 3. The van der Waals surface area contributed by atoms with Crippen molar-refractivity contribution in [2.45, 2.75) is 32.9 Å². The van der Waals surface area contributed by atoms with Gasteiger partial charge in [0.1, 0.15) is 6.04 Å². The molecule has 1 atom stereocenters. The van der Waals surface area contributed by atoms with Crippen LogP contribution < -0.4 is 5.32 Å². The Morgan fingerprint density at radius 3 is 2.39 bits per heavy atom. The van der Waals surface area contributed by atoms with Gasteiger partial charge in [0.25, 0.3) is 0 Å². The van der Waals surface area contributed by atoms with Gasteiger partial charge >= 0.3 is 6.03 Å². The third-order valence-electron chi connectivity index (χ3n) is 5.63. The summed E-state index contributed by atoms with van der Waals surface area (Å²) < 4.78 is 0. The third-order valence-corrected chi connectivity index (χ3v) is 5.63. The highest BCUT2D eigenvalue weighted by molar-refractivity contribution is 5.84. The Balaban J connectivity index is 1.44. The van der Waals surface area contributed by atoms with Crippen molar-refractivity contribution in [3.8, 4) is 6.07 Å². The molecule has 2 aliphatic heterocycles. The molecule has 7 heteroatoms. The number of piperazine rings is 1. The van der Waals surface area contributed by atoms with Crippen molar-refractivity contribution in [2.24, 2.45) is 5.92 Å². The van der Waals surface area contributed by atoms with Crippen molar-refractivity contribution in [2.75, 3.05) is 39.3 Å². The summed E-state index contributed by atoms with van der Waals surface area (Å²) in [5, 5.41) is 12.1. The van der Waals surface area contributed by atoms with Crippen molar-refractivity contribution in [1.29, 1.82) is 5.26 Å². The molecule has 0 aromatic heterocycles. The standard InChI is InChI=1S/C21H29N5O2/c1-16(2)19(13-22)24-9-11-25(12-10-24)20(27)14-23-21(28)26-8-7-17-5-3-4-6-18(17)15-26/h3-6,16,19H,7-12,14-15H2,1-2H3,(H,23,28). The summed E-state index contributed by atoms with van der Waals surface area (Å²) in [6, 6.07) is 10.2. The molecule has 150 valence electrons. The molecule has 1 aromatic carbocycles. The molecule has 0 aliphatic carbocycles. The maximum atomic E-state index is 12.5. The molecule has 0 spiro atoms. The highest BCUT2D eigenvalue weighted by Gasteiger charge is 2.28. The largest absolute Gasteiger partial charge is 0.339 e. The van der Waals surface area contributed by atoms with Gasteiger partial charge in [-0.25, -0.2) is 4.79 Å². The summed E-state index contributed by atoms with van der Waals surface area (Å²) in [5.41, 5.74) is 2.46. The van der Waals surface area contributed by atoms with E-state index in [1.165, 1.54) is 11.1 Å². The Labute approximate surface area is 166 Å². The highest BCUT2D eigenvalue weighted by Crippen LogP contribution is 2.18. The molecule has 2 heterocycles. The number of carbonyl (C=O) groups excluding carboxylic acids is 2. The molecule has 28 heavy (non-hydrogen) atoms. The van der Waals surface area contributed by atoms with Crippen molar-refractivity contribution >= 4 is 11.9 Å². The minimum absolute atomic E-state index is 0.0167. The molecule has 3 amide bonds. The fraction of sp³-hybridized carbons (Fsp3) is 0.571. The van der Waals surface area contributed by atoms with Crippen molar-refractivity contribution in [3.05, 3.63) is 35.4 Å². The minimum Gasteiger partial charge on any atom is -0.339 e. The SMILES string of the molecule is CC(C)C(C#N)N1CCN(C(=O)CNC(=O)N2CCc3ccccc3C2)CC1. The van der Waals surface area contributed by atoms with E-state index in [9.17, 15) is 14.9 Å². The Bertz CT molecular complexity index is 749. The van der Waals surface area contributed by atoms with E-state index in [1.54, 1.807) is 9.80 Å². The molecular weight excluding hydrogens is 354 g/mol. The molecule has 1 N–H and O–H groups in total. The number of nitriles is 1. The Morgan fingerprint density at radius 1 is 1.07 bits per heavy atom. The second-order valence-corrected chi connectivity index (χ2v) is 7.83. The molecule has 0 bridgehead atoms. The van der Waals surface area contributed by atoms with E-state index in [4.69, 9.17) is 0 Å². The second-order valence-electron chi connectivity index (χ2n) is 7.83. The van der Waals surface area contributed by atoms with Gasteiger partial charge in [0.15, 0.2) is 0 Å². The highest BCUT2D eigenvalue weighted by atomic mass is 16.2. The van der Waals surface area contributed by atoms with Gasteiger partial charge in [-0.3, -0.25) is 9.69 Å².